The quantitative estimate of drug-likeness (QED) is 0.673. The first-order valence-corrected chi connectivity index (χ1v) is 6.16. The minimum absolute atomic E-state index is 0.173. The zero-order valence-corrected chi connectivity index (χ0v) is 10.7. The summed E-state index contributed by atoms with van der Waals surface area (Å²) in [4.78, 5) is 20.1. The average molecular weight is 272 g/mol. The normalized spacial score (nSPS) is 10.8. The van der Waals surface area contributed by atoms with Crippen LogP contribution in [-0.4, -0.2) is 14.5 Å². The number of hydrogen-bond acceptors (Lipinski definition) is 3. The monoisotopic (exact) mass is 271 g/mol. The van der Waals surface area contributed by atoms with Crippen molar-refractivity contribution in [2.45, 2.75) is 6.54 Å². The van der Waals surface area contributed by atoms with E-state index in [2.05, 4.69) is 9.97 Å². The summed E-state index contributed by atoms with van der Waals surface area (Å²) in [6.45, 7) is 0.428. The summed E-state index contributed by atoms with van der Waals surface area (Å²) in [5, 5.41) is 1.26. The second-order valence-corrected chi connectivity index (χ2v) is 4.56. The van der Waals surface area contributed by atoms with Gasteiger partial charge < -0.3 is 0 Å². The van der Waals surface area contributed by atoms with Gasteiger partial charge in [-0.05, 0) is 11.6 Å². The van der Waals surface area contributed by atoms with Gasteiger partial charge >= 0.3 is 0 Å². The first-order chi connectivity index (χ1) is 9.24. The molecule has 5 heteroatoms. The van der Waals surface area contributed by atoms with E-state index in [1.165, 1.54) is 17.0 Å². The molecular formula is C14H10ClN3O. The molecule has 0 unspecified atom stereocenters. The zero-order chi connectivity index (χ0) is 13.2. The van der Waals surface area contributed by atoms with Crippen molar-refractivity contribution in [1.82, 2.24) is 14.5 Å². The lowest BCUT2D eigenvalue weighted by atomic mass is 10.1. The van der Waals surface area contributed by atoms with Crippen LogP contribution in [0.25, 0.3) is 10.9 Å². The van der Waals surface area contributed by atoms with Gasteiger partial charge in [0.1, 0.15) is 5.15 Å². The number of aromatic nitrogens is 3. The molecule has 0 bridgehead atoms. The summed E-state index contributed by atoms with van der Waals surface area (Å²) >= 11 is 5.68. The van der Waals surface area contributed by atoms with E-state index in [9.17, 15) is 4.79 Å². The first kappa shape index (κ1) is 11.9. The standard InChI is InChI=1S/C14H10ClN3O/c15-12-7-13(19)18(9-17-12)8-11-4-1-3-10-5-2-6-16-14(10)11/h1-7,9H,8H2. The molecule has 0 atom stereocenters. The van der Waals surface area contributed by atoms with Crippen molar-refractivity contribution in [3.8, 4) is 0 Å². The van der Waals surface area contributed by atoms with Crippen molar-refractivity contribution in [3.05, 3.63) is 70.0 Å². The van der Waals surface area contributed by atoms with E-state index < -0.39 is 0 Å². The number of rotatable bonds is 2. The van der Waals surface area contributed by atoms with Crippen molar-refractivity contribution in [2.24, 2.45) is 0 Å². The van der Waals surface area contributed by atoms with E-state index in [4.69, 9.17) is 11.6 Å². The highest BCUT2D eigenvalue weighted by molar-refractivity contribution is 6.29. The number of halogens is 1. The number of benzene rings is 1. The van der Waals surface area contributed by atoms with Crippen LogP contribution in [0.15, 0.2) is 53.7 Å². The Hall–Kier alpha value is -2.20. The molecule has 3 rings (SSSR count). The topological polar surface area (TPSA) is 47.8 Å². The fourth-order valence-electron chi connectivity index (χ4n) is 2.00. The van der Waals surface area contributed by atoms with Crippen LogP contribution in [-0.2, 0) is 6.54 Å². The predicted octanol–water partition coefficient (Wildman–Crippen LogP) is 2.49. The molecule has 0 radical (unpaired) electrons. The van der Waals surface area contributed by atoms with Crippen LogP contribution in [0, 0.1) is 0 Å². The fourth-order valence-corrected chi connectivity index (χ4v) is 2.14. The highest BCUT2D eigenvalue weighted by Gasteiger charge is 2.04. The fraction of sp³-hybridized carbons (Fsp3) is 0.0714. The van der Waals surface area contributed by atoms with E-state index in [1.54, 1.807) is 6.20 Å². The molecule has 2 heterocycles. The smallest absolute Gasteiger partial charge is 0.255 e. The molecule has 94 valence electrons. The zero-order valence-electron chi connectivity index (χ0n) is 9.95. The van der Waals surface area contributed by atoms with E-state index in [1.807, 2.05) is 30.3 Å². The van der Waals surface area contributed by atoms with Crippen molar-refractivity contribution < 1.29 is 0 Å². The van der Waals surface area contributed by atoms with Crippen LogP contribution in [0.5, 0.6) is 0 Å². The first-order valence-electron chi connectivity index (χ1n) is 5.79. The summed E-state index contributed by atoms with van der Waals surface area (Å²) in [6, 6.07) is 11.1. The van der Waals surface area contributed by atoms with Gasteiger partial charge in [-0.15, -0.1) is 0 Å². The molecule has 0 amide bonds. The Bertz CT molecular complexity index is 793. The molecule has 0 spiro atoms. The molecule has 4 nitrogen and oxygen atoms in total. The summed E-state index contributed by atoms with van der Waals surface area (Å²) < 4.78 is 1.51. The van der Waals surface area contributed by atoms with Gasteiger partial charge in [0, 0.05) is 17.6 Å². The molecule has 0 N–H and O–H groups in total. The Morgan fingerprint density at radius 1 is 1.16 bits per heavy atom. The van der Waals surface area contributed by atoms with E-state index in [0.29, 0.717) is 6.54 Å². The van der Waals surface area contributed by atoms with Crippen LogP contribution < -0.4 is 5.56 Å². The van der Waals surface area contributed by atoms with Crippen molar-refractivity contribution in [3.63, 3.8) is 0 Å². The maximum absolute atomic E-state index is 11.8. The Morgan fingerprint density at radius 2 is 2.00 bits per heavy atom. The molecule has 0 aliphatic rings. The van der Waals surface area contributed by atoms with Gasteiger partial charge in [0.2, 0.25) is 0 Å². The third-order valence-electron chi connectivity index (χ3n) is 2.90. The molecular weight excluding hydrogens is 262 g/mol. The molecule has 0 saturated carbocycles. The van der Waals surface area contributed by atoms with Crippen LogP contribution >= 0.6 is 11.6 Å². The summed E-state index contributed by atoms with van der Waals surface area (Å²) in [5.74, 6) is 0. The van der Waals surface area contributed by atoms with E-state index in [-0.39, 0.29) is 10.7 Å². The number of fused-ring (bicyclic) bond motifs is 1. The van der Waals surface area contributed by atoms with Gasteiger partial charge in [-0.2, -0.15) is 0 Å². The second-order valence-electron chi connectivity index (χ2n) is 4.17. The Balaban J connectivity index is 2.08. The van der Waals surface area contributed by atoms with Gasteiger partial charge in [-0.1, -0.05) is 35.9 Å². The lowest BCUT2D eigenvalue weighted by Gasteiger charge is -2.07. The number of nitrogens with zero attached hydrogens (tertiary/aromatic N) is 3. The predicted molar refractivity (Wildman–Crippen MR) is 74.4 cm³/mol. The minimum atomic E-state index is -0.173. The molecule has 1 aromatic carbocycles. The second kappa shape index (κ2) is 4.82. The largest absolute Gasteiger partial charge is 0.295 e. The number of para-hydroxylation sites is 1. The maximum atomic E-state index is 11.8. The minimum Gasteiger partial charge on any atom is -0.295 e. The summed E-state index contributed by atoms with van der Waals surface area (Å²) in [5.41, 5.74) is 1.70. The number of hydrogen-bond donors (Lipinski definition) is 0. The highest BCUT2D eigenvalue weighted by atomic mass is 35.5. The SMILES string of the molecule is O=c1cc(Cl)ncn1Cc1cccc2cccnc12. The van der Waals surface area contributed by atoms with Gasteiger partial charge in [-0.25, -0.2) is 4.98 Å². The van der Waals surface area contributed by atoms with Crippen molar-refractivity contribution in [2.75, 3.05) is 0 Å². The van der Waals surface area contributed by atoms with Crippen LogP contribution in [0.3, 0.4) is 0 Å². The summed E-state index contributed by atoms with van der Waals surface area (Å²) in [6.07, 6.45) is 3.20. The molecule has 19 heavy (non-hydrogen) atoms. The Morgan fingerprint density at radius 3 is 2.84 bits per heavy atom. The van der Waals surface area contributed by atoms with E-state index >= 15 is 0 Å². The van der Waals surface area contributed by atoms with Crippen molar-refractivity contribution >= 4 is 22.5 Å². The van der Waals surface area contributed by atoms with Crippen molar-refractivity contribution in [1.29, 1.82) is 0 Å². The lowest BCUT2D eigenvalue weighted by Crippen LogP contribution is -2.20. The van der Waals surface area contributed by atoms with Crippen LogP contribution in [0.4, 0.5) is 0 Å². The molecule has 0 saturated heterocycles. The van der Waals surface area contributed by atoms with Gasteiger partial charge in [0.25, 0.3) is 5.56 Å². The molecule has 3 aromatic rings. The molecule has 0 fully saturated rings. The third kappa shape index (κ3) is 2.35. The van der Waals surface area contributed by atoms with Gasteiger partial charge in [0.15, 0.2) is 0 Å². The average Bonchev–Trinajstić information content (AvgIpc) is 2.42. The molecule has 0 aliphatic heterocycles. The lowest BCUT2D eigenvalue weighted by molar-refractivity contribution is 0.739. The van der Waals surface area contributed by atoms with Gasteiger partial charge in [-0.3, -0.25) is 14.3 Å². The number of pyridine rings is 1. The Kier molecular flexibility index (Phi) is 3.01. The third-order valence-corrected chi connectivity index (χ3v) is 3.11. The Labute approximate surface area is 114 Å². The highest BCUT2D eigenvalue weighted by Crippen LogP contribution is 2.16. The van der Waals surface area contributed by atoms with Crippen LogP contribution in [0.1, 0.15) is 5.56 Å². The molecule has 2 aromatic heterocycles. The maximum Gasteiger partial charge on any atom is 0.255 e. The summed E-state index contributed by atoms with van der Waals surface area (Å²) in [7, 11) is 0. The van der Waals surface area contributed by atoms with E-state index in [0.717, 1.165) is 16.5 Å². The van der Waals surface area contributed by atoms with Gasteiger partial charge in [0.05, 0.1) is 18.4 Å². The molecule has 0 aliphatic carbocycles. The van der Waals surface area contributed by atoms with Crippen LogP contribution in [0.2, 0.25) is 5.15 Å².